The molecule has 0 aromatic heterocycles. The van der Waals surface area contributed by atoms with E-state index >= 15 is 0 Å². The molecule has 0 radical (unpaired) electrons. The first-order chi connectivity index (χ1) is 35.8. The summed E-state index contributed by atoms with van der Waals surface area (Å²) in [7, 11) is 4.53. The molecule has 4 fully saturated rings. The molecule has 428 valence electrons. The van der Waals surface area contributed by atoms with Crippen molar-refractivity contribution in [2.45, 2.75) is 207 Å². The van der Waals surface area contributed by atoms with Gasteiger partial charge < -0.3 is 53.0 Å². The van der Waals surface area contributed by atoms with Crippen molar-refractivity contribution < 1.29 is 76.9 Å². The van der Waals surface area contributed by atoms with Crippen LogP contribution in [0.2, 0.25) is 0 Å². The van der Waals surface area contributed by atoms with E-state index in [1.54, 1.807) is 61.8 Å². The van der Waals surface area contributed by atoms with Gasteiger partial charge in [0.1, 0.15) is 29.8 Å². The van der Waals surface area contributed by atoms with Crippen molar-refractivity contribution in [1.29, 1.82) is 0 Å². The third kappa shape index (κ3) is 16.1. The molecule has 3 saturated heterocycles. The summed E-state index contributed by atoms with van der Waals surface area (Å²) >= 11 is 0. The summed E-state index contributed by atoms with van der Waals surface area (Å²) in [5.41, 5.74) is 0.163. The predicted octanol–water partition coefficient (Wildman–Crippen LogP) is 7.52. The first-order valence-corrected chi connectivity index (χ1v) is 27.8. The highest BCUT2D eigenvalue weighted by molar-refractivity contribution is 6.39. The lowest BCUT2D eigenvalue weighted by molar-refractivity contribution is -0.283. The fraction of sp³-hybridized carbons (Fsp3) is 0.763. The van der Waals surface area contributed by atoms with Crippen LogP contribution in [0.4, 0.5) is 0 Å². The number of carbonyl (C=O) groups excluding carboxylic acids is 6. The number of ether oxygens (including phenoxy) is 8. The quantitative estimate of drug-likeness (QED) is 0.177. The van der Waals surface area contributed by atoms with E-state index in [4.69, 9.17) is 37.9 Å². The highest BCUT2D eigenvalue weighted by atomic mass is 16.7. The van der Waals surface area contributed by atoms with Crippen LogP contribution >= 0.6 is 0 Å². The minimum Gasteiger partial charge on any atom is -0.460 e. The lowest BCUT2D eigenvalue weighted by atomic mass is 9.78. The second-order valence-corrected chi connectivity index (χ2v) is 23.5. The standard InChI is InChI=1S/C59H91NO16/c1-35-19-15-14-16-20-36(2)47(69-11)31-43-24-22-41(7)59(68,76-43)53(64)54(65)60-26-18-17-21-44(60)55(66)74-48(32-45(61)37(3)28-40(6)51(63)52(71-13)50(62)39(5)27-35)38(4)29-42-23-25-46(49(30-42)70-12)75-56(67)58(10)33-72-57(8,9)73-34-58/h14-16,19-20,28,35,38-44,46-49,51-52,63,68H,17-18,21-27,29-34H2,1-13H3/b16-14?,19-15?,36-20?,37-28+/t35-,38-,39-,40?,41-,42+,43+,44+,46-,47+,48+,49-,51-,52+,59-/m1/s1. The minimum atomic E-state index is -2.46. The molecule has 17 nitrogen and oxygen atoms in total. The molecule has 1 aliphatic carbocycles. The van der Waals surface area contributed by atoms with Gasteiger partial charge in [-0.25, -0.2) is 4.79 Å². The number of rotatable bonds is 8. The van der Waals surface area contributed by atoms with Gasteiger partial charge in [-0.15, -0.1) is 0 Å². The molecule has 4 aliphatic heterocycles. The molecule has 15 atom stereocenters. The van der Waals surface area contributed by atoms with Gasteiger partial charge >= 0.3 is 11.9 Å². The SMILES string of the molecule is CO[C@H]1C[C@@H]2CC[C@@H](C)[C@@](O)(O2)C(=O)C(=O)N2CCCC[C@H]2C(=O)O[C@H]([C@H](C)C[C@@H]2CC[C@@H](OC(=O)C3(C)COC(C)(C)OC3)[C@H](OC)C2)CC(=O)/C(C)=C/C(C)[C@@H](O)[C@@H](OC)C(=O)[C@H](C)C[C@H](C)C=CC=CC=C1C. The zero-order chi connectivity index (χ0) is 56.3. The number of cyclic esters (lactones) is 1. The van der Waals surface area contributed by atoms with E-state index < -0.39 is 113 Å². The van der Waals surface area contributed by atoms with E-state index in [-0.39, 0.29) is 61.6 Å². The van der Waals surface area contributed by atoms with E-state index in [1.165, 1.54) is 12.0 Å². The van der Waals surface area contributed by atoms with Gasteiger partial charge in [0, 0.05) is 58.5 Å². The number of ketones is 3. The third-order valence-electron chi connectivity index (χ3n) is 16.7. The number of nitrogens with zero attached hydrogens (tertiary/aromatic N) is 1. The monoisotopic (exact) mass is 1070 g/mol. The second-order valence-electron chi connectivity index (χ2n) is 23.5. The van der Waals surface area contributed by atoms with Crippen LogP contribution < -0.4 is 0 Å². The summed E-state index contributed by atoms with van der Waals surface area (Å²) in [5, 5.41) is 23.6. The Labute approximate surface area is 451 Å². The van der Waals surface area contributed by atoms with Crippen LogP contribution in [-0.4, -0.2) is 152 Å². The molecule has 1 amide bonds. The molecular formula is C59H91NO16. The zero-order valence-electron chi connectivity index (χ0n) is 47.7. The van der Waals surface area contributed by atoms with E-state index in [0.717, 1.165) is 5.57 Å². The number of Topliss-reactive ketones (excluding diaryl/α,β-unsaturated/α-hetero) is 3. The second kappa shape index (κ2) is 27.8. The number of hydrogen-bond donors (Lipinski definition) is 2. The number of allylic oxidation sites excluding steroid dienone is 6. The molecule has 17 heteroatoms. The van der Waals surface area contributed by atoms with Gasteiger partial charge in [0.25, 0.3) is 11.7 Å². The molecule has 0 aromatic carbocycles. The van der Waals surface area contributed by atoms with Crippen molar-refractivity contribution in [3.8, 4) is 0 Å². The van der Waals surface area contributed by atoms with Gasteiger partial charge in [-0.2, -0.15) is 0 Å². The summed E-state index contributed by atoms with van der Waals surface area (Å²) in [6.07, 6.45) is 10.5. The van der Waals surface area contributed by atoms with Crippen LogP contribution in [0.1, 0.15) is 146 Å². The molecular weight excluding hydrogens is 979 g/mol. The fourth-order valence-electron chi connectivity index (χ4n) is 11.4. The maximum absolute atomic E-state index is 14.6. The van der Waals surface area contributed by atoms with Crippen LogP contribution in [0.15, 0.2) is 47.6 Å². The number of carbonyl (C=O) groups is 6. The number of fused-ring (bicyclic) bond motifs is 3. The van der Waals surface area contributed by atoms with Crippen LogP contribution in [0, 0.1) is 40.9 Å². The van der Waals surface area contributed by atoms with Gasteiger partial charge in [0.05, 0.1) is 37.6 Å². The average Bonchev–Trinajstić information content (AvgIpc) is 3.39. The lowest BCUT2D eigenvalue weighted by Crippen LogP contribution is -2.61. The number of methoxy groups -OCH3 is 3. The van der Waals surface area contributed by atoms with E-state index in [9.17, 15) is 39.0 Å². The van der Waals surface area contributed by atoms with E-state index in [2.05, 4.69) is 0 Å². The Morgan fingerprint density at radius 3 is 2.20 bits per heavy atom. The maximum Gasteiger partial charge on any atom is 0.329 e. The normalized spacial score (nSPS) is 37.3. The highest BCUT2D eigenvalue weighted by Gasteiger charge is 2.53. The van der Waals surface area contributed by atoms with Gasteiger partial charge in [-0.05, 0) is 128 Å². The fourth-order valence-corrected chi connectivity index (χ4v) is 11.4. The molecule has 4 heterocycles. The molecule has 1 saturated carbocycles. The number of aliphatic hydroxyl groups is 2. The first kappa shape index (κ1) is 62.9. The van der Waals surface area contributed by atoms with Crippen molar-refractivity contribution in [1.82, 2.24) is 4.90 Å². The van der Waals surface area contributed by atoms with E-state index in [0.29, 0.717) is 64.2 Å². The zero-order valence-corrected chi connectivity index (χ0v) is 47.7. The van der Waals surface area contributed by atoms with Crippen molar-refractivity contribution in [3.63, 3.8) is 0 Å². The van der Waals surface area contributed by atoms with Crippen LogP contribution in [0.5, 0.6) is 0 Å². The molecule has 0 aromatic rings. The lowest BCUT2D eigenvalue weighted by Gasteiger charge is -2.43. The molecule has 5 rings (SSSR count). The van der Waals surface area contributed by atoms with Crippen LogP contribution in [0.3, 0.4) is 0 Å². The Morgan fingerprint density at radius 2 is 1.54 bits per heavy atom. The van der Waals surface area contributed by atoms with Crippen molar-refractivity contribution in [2.75, 3.05) is 41.1 Å². The molecule has 2 bridgehead atoms. The Bertz CT molecular complexity index is 2140. The molecule has 5 aliphatic rings. The number of piperidine rings is 1. The summed E-state index contributed by atoms with van der Waals surface area (Å²) in [6, 6.07) is -1.19. The largest absolute Gasteiger partial charge is 0.460 e. The summed E-state index contributed by atoms with van der Waals surface area (Å²) < 4.78 is 47.6. The molecule has 76 heavy (non-hydrogen) atoms. The summed E-state index contributed by atoms with van der Waals surface area (Å²) in [5.74, 6) is -9.59. The Hall–Kier alpha value is -3.94. The Kier molecular flexibility index (Phi) is 23.0. The minimum absolute atomic E-state index is 0.00318. The van der Waals surface area contributed by atoms with Gasteiger partial charge in [0.15, 0.2) is 17.4 Å². The van der Waals surface area contributed by atoms with Crippen LogP contribution in [-0.2, 0) is 66.7 Å². The van der Waals surface area contributed by atoms with Gasteiger partial charge in [-0.3, -0.25) is 24.0 Å². The highest BCUT2D eigenvalue weighted by Crippen LogP contribution is 2.39. The van der Waals surface area contributed by atoms with Gasteiger partial charge in [0.2, 0.25) is 5.79 Å². The van der Waals surface area contributed by atoms with Gasteiger partial charge in [-0.1, -0.05) is 71.1 Å². The topological polar surface area (TPSA) is 220 Å². The van der Waals surface area contributed by atoms with E-state index in [1.807, 2.05) is 58.1 Å². The predicted molar refractivity (Wildman–Crippen MR) is 283 cm³/mol. The number of hydrogen-bond acceptors (Lipinski definition) is 16. The average molecular weight is 1070 g/mol. The summed E-state index contributed by atoms with van der Waals surface area (Å²) in [4.78, 5) is 86.3. The molecule has 1 unspecified atom stereocenters. The van der Waals surface area contributed by atoms with Crippen molar-refractivity contribution >= 4 is 35.2 Å². The van der Waals surface area contributed by atoms with Crippen LogP contribution in [0.25, 0.3) is 0 Å². The Balaban J connectivity index is 1.43. The van der Waals surface area contributed by atoms with Crippen molar-refractivity contribution in [3.05, 3.63) is 47.6 Å². The summed E-state index contributed by atoms with van der Waals surface area (Å²) in [6.45, 7) is 18.3. The third-order valence-corrected chi connectivity index (χ3v) is 16.7. The number of aliphatic hydroxyl groups excluding tert-OH is 1. The van der Waals surface area contributed by atoms with Crippen molar-refractivity contribution in [2.24, 2.45) is 40.9 Å². The Morgan fingerprint density at radius 1 is 0.842 bits per heavy atom. The molecule has 2 N–H and O–H groups in total. The molecule has 0 spiro atoms. The maximum atomic E-state index is 14.6. The smallest absolute Gasteiger partial charge is 0.329 e. The number of esters is 2. The number of amides is 1. The first-order valence-electron chi connectivity index (χ1n) is 27.8.